The van der Waals surface area contributed by atoms with Crippen molar-refractivity contribution in [3.8, 4) is 0 Å². The topological polar surface area (TPSA) is 32.8 Å². The molecule has 1 saturated heterocycles. The fourth-order valence-corrected chi connectivity index (χ4v) is 2.59. The first-order valence-corrected chi connectivity index (χ1v) is 6.77. The first-order valence-electron chi connectivity index (χ1n) is 6.77. The summed E-state index contributed by atoms with van der Waals surface area (Å²) >= 11 is 0. The number of para-hydroxylation sites is 1. The highest BCUT2D eigenvalue weighted by Gasteiger charge is 2.24. The lowest BCUT2D eigenvalue weighted by Crippen LogP contribution is -2.48. The lowest BCUT2D eigenvalue weighted by atomic mass is 10.0. The molecule has 19 heavy (non-hydrogen) atoms. The Morgan fingerprint density at radius 2 is 2.16 bits per heavy atom. The molecule has 4 nitrogen and oxygen atoms in total. The summed E-state index contributed by atoms with van der Waals surface area (Å²) in [5.74, 6) is -0.167. The lowest BCUT2D eigenvalue weighted by Gasteiger charge is -2.38. The molecule has 2 rings (SSSR count). The molecular formula is C15H22N2O2. The molecule has 0 aromatic heterocycles. The molecule has 1 atom stereocenters. The largest absolute Gasteiger partial charge is 0.468 e. The first-order chi connectivity index (χ1) is 9.20. The normalized spacial score (nSPS) is 19.5. The average Bonchev–Trinajstić information content (AvgIpc) is 2.48. The average molecular weight is 262 g/mol. The Morgan fingerprint density at radius 3 is 2.84 bits per heavy atom. The first kappa shape index (κ1) is 13.9. The molecule has 1 aliphatic rings. The number of esters is 1. The van der Waals surface area contributed by atoms with E-state index in [9.17, 15) is 4.79 Å². The number of carbonyl (C=O) groups excluding carboxylic acids is 1. The molecule has 0 N–H and O–H groups in total. The highest BCUT2D eigenvalue weighted by molar-refractivity contribution is 5.71. The van der Waals surface area contributed by atoms with E-state index in [2.05, 4.69) is 34.1 Å². The van der Waals surface area contributed by atoms with Crippen molar-refractivity contribution in [3.05, 3.63) is 30.3 Å². The molecular weight excluding hydrogens is 240 g/mol. The van der Waals surface area contributed by atoms with E-state index in [0.717, 1.165) is 25.9 Å². The van der Waals surface area contributed by atoms with Gasteiger partial charge in [0.2, 0.25) is 0 Å². The van der Waals surface area contributed by atoms with Crippen molar-refractivity contribution in [2.75, 3.05) is 38.7 Å². The standard InChI is InChI=1S/C15H22N2O2/c1-16(12-15(18)19-2)14-9-6-10-17(11-14)13-7-4-3-5-8-13/h3-5,7-8,14H,6,9-12H2,1-2H3/t14-/m0/s1. The van der Waals surface area contributed by atoms with Gasteiger partial charge in [-0.2, -0.15) is 0 Å². The van der Waals surface area contributed by atoms with Crippen molar-refractivity contribution in [2.24, 2.45) is 0 Å². The van der Waals surface area contributed by atoms with Gasteiger partial charge >= 0.3 is 5.97 Å². The summed E-state index contributed by atoms with van der Waals surface area (Å²) in [6.07, 6.45) is 2.29. The molecule has 1 aromatic carbocycles. The minimum Gasteiger partial charge on any atom is -0.468 e. The van der Waals surface area contributed by atoms with Crippen LogP contribution in [0.2, 0.25) is 0 Å². The van der Waals surface area contributed by atoms with Crippen LogP contribution in [0.3, 0.4) is 0 Å². The van der Waals surface area contributed by atoms with Crippen LogP contribution >= 0.6 is 0 Å². The summed E-state index contributed by atoms with van der Waals surface area (Å²) in [5, 5.41) is 0. The van der Waals surface area contributed by atoms with Crippen LogP contribution in [0.25, 0.3) is 0 Å². The highest BCUT2D eigenvalue weighted by Crippen LogP contribution is 2.21. The SMILES string of the molecule is COC(=O)CN(C)[C@H]1CCCN(c2ccccc2)C1. The van der Waals surface area contributed by atoms with Crippen molar-refractivity contribution in [1.82, 2.24) is 4.90 Å². The van der Waals surface area contributed by atoms with Gasteiger partial charge in [0, 0.05) is 24.8 Å². The fourth-order valence-electron chi connectivity index (χ4n) is 2.59. The maximum Gasteiger partial charge on any atom is 0.319 e. The zero-order chi connectivity index (χ0) is 13.7. The number of carbonyl (C=O) groups is 1. The Labute approximate surface area is 115 Å². The third-order valence-electron chi connectivity index (χ3n) is 3.75. The number of piperidine rings is 1. The molecule has 0 aliphatic carbocycles. The summed E-state index contributed by atoms with van der Waals surface area (Å²) in [6, 6.07) is 10.9. The molecule has 0 amide bonds. The molecule has 0 radical (unpaired) electrons. The van der Waals surface area contributed by atoms with Gasteiger partial charge in [0.15, 0.2) is 0 Å². The van der Waals surface area contributed by atoms with Gasteiger partial charge in [0.25, 0.3) is 0 Å². The van der Waals surface area contributed by atoms with Gasteiger partial charge in [0.1, 0.15) is 0 Å². The minimum atomic E-state index is -0.167. The number of hydrogen-bond donors (Lipinski definition) is 0. The number of methoxy groups -OCH3 is 1. The molecule has 4 heteroatoms. The molecule has 0 spiro atoms. The van der Waals surface area contributed by atoms with Crippen LogP contribution in [0.1, 0.15) is 12.8 Å². The highest BCUT2D eigenvalue weighted by atomic mass is 16.5. The third kappa shape index (κ3) is 3.70. The van der Waals surface area contributed by atoms with Crippen LogP contribution < -0.4 is 4.90 Å². The van der Waals surface area contributed by atoms with E-state index in [4.69, 9.17) is 4.74 Å². The van der Waals surface area contributed by atoms with Gasteiger partial charge in [-0.3, -0.25) is 9.69 Å². The van der Waals surface area contributed by atoms with Crippen molar-refractivity contribution >= 4 is 11.7 Å². The summed E-state index contributed by atoms with van der Waals surface area (Å²) < 4.78 is 4.73. The van der Waals surface area contributed by atoms with Gasteiger partial charge < -0.3 is 9.64 Å². The van der Waals surface area contributed by atoms with E-state index >= 15 is 0 Å². The maximum absolute atomic E-state index is 11.3. The van der Waals surface area contributed by atoms with Crippen LogP contribution in [0.4, 0.5) is 5.69 Å². The maximum atomic E-state index is 11.3. The zero-order valence-electron chi connectivity index (χ0n) is 11.7. The molecule has 104 valence electrons. The van der Waals surface area contributed by atoms with E-state index < -0.39 is 0 Å². The molecule has 1 aliphatic heterocycles. The Hall–Kier alpha value is -1.55. The smallest absolute Gasteiger partial charge is 0.319 e. The predicted octanol–water partition coefficient (Wildman–Crippen LogP) is 1.76. The second-order valence-electron chi connectivity index (χ2n) is 5.07. The molecule has 0 saturated carbocycles. The molecule has 1 aromatic rings. The van der Waals surface area contributed by atoms with E-state index in [-0.39, 0.29) is 5.97 Å². The third-order valence-corrected chi connectivity index (χ3v) is 3.75. The molecule has 0 bridgehead atoms. The Morgan fingerprint density at radius 1 is 1.42 bits per heavy atom. The second-order valence-corrected chi connectivity index (χ2v) is 5.07. The number of ether oxygens (including phenoxy) is 1. The number of benzene rings is 1. The Balaban J connectivity index is 1.95. The van der Waals surface area contributed by atoms with Gasteiger partial charge in [-0.15, -0.1) is 0 Å². The minimum absolute atomic E-state index is 0.167. The van der Waals surface area contributed by atoms with Crippen molar-refractivity contribution in [2.45, 2.75) is 18.9 Å². The number of hydrogen-bond acceptors (Lipinski definition) is 4. The summed E-state index contributed by atoms with van der Waals surface area (Å²) in [7, 11) is 3.43. The van der Waals surface area contributed by atoms with Crippen LogP contribution in [0.15, 0.2) is 30.3 Å². The van der Waals surface area contributed by atoms with E-state index in [1.165, 1.54) is 12.8 Å². The zero-order valence-corrected chi connectivity index (χ0v) is 11.7. The van der Waals surface area contributed by atoms with E-state index in [1.807, 2.05) is 13.1 Å². The molecule has 0 unspecified atom stereocenters. The second kappa shape index (κ2) is 6.57. The fraction of sp³-hybridized carbons (Fsp3) is 0.533. The van der Waals surface area contributed by atoms with Gasteiger partial charge in [-0.1, -0.05) is 18.2 Å². The van der Waals surface area contributed by atoms with Gasteiger partial charge in [0.05, 0.1) is 13.7 Å². The Bertz CT molecular complexity index is 408. The van der Waals surface area contributed by atoms with E-state index in [0.29, 0.717) is 12.6 Å². The Kier molecular flexibility index (Phi) is 4.80. The van der Waals surface area contributed by atoms with Crippen molar-refractivity contribution in [3.63, 3.8) is 0 Å². The number of anilines is 1. The van der Waals surface area contributed by atoms with Gasteiger partial charge in [-0.25, -0.2) is 0 Å². The van der Waals surface area contributed by atoms with Crippen molar-refractivity contribution < 1.29 is 9.53 Å². The number of likely N-dealkylation sites (N-methyl/N-ethyl adjacent to an activating group) is 1. The van der Waals surface area contributed by atoms with Crippen LogP contribution in [-0.2, 0) is 9.53 Å². The lowest BCUT2D eigenvalue weighted by molar-refractivity contribution is -0.142. The summed E-state index contributed by atoms with van der Waals surface area (Å²) in [5.41, 5.74) is 1.26. The van der Waals surface area contributed by atoms with E-state index in [1.54, 1.807) is 0 Å². The molecule has 1 heterocycles. The quantitative estimate of drug-likeness (QED) is 0.774. The van der Waals surface area contributed by atoms with Crippen molar-refractivity contribution in [1.29, 1.82) is 0 Å². The monoisotopic (exact) mass is 262 g/mol. The predicted molar refractivity (Wildman–Crippen MR) is 76.3 cm³/mol. The van der Waals surface area contributed by atoms with Crippen LogP contribution in [-0.4, -0.2) is 50.7 Å². The van der Waals surface area contributed by atoms with Crippen LogP contribution in [0.5, 0.6) is 0 Å². The number of rotatable bonds is 4. The molecule has 1 fully saturated rings. The van der Waals surface area contributed by atoms with Crippen LogP contribution in [0, 0.1) is 0 Å². The van der Waals surface area contributed by atoms with Gasteiger partial charge in [-0.05, 0) is 32.0 Å². The summed E-state index contributed by atoms with van der Waals surface area (Å²) in [6.45, 7) is 2.42. The number of nitrogens with zero attached hydrogens (tertiary/aromatic N) is 2. The summed E-state index contributed by atoms with van der Waals surface area (Å²) in [4.78, 5) is 15.8.